The average molecular weight is 323 g/mol. The van der Waals surface area contributed by atoms with Gasteiger partial charge in [-0.25, -0.2) is 4.39 Å². The summed E-state index contributed by atoms with van der Waals surface area (Å²) >= 11 is 0. The van der Waals surface area contributed by atoms with Crippen molar-refractivity contribution in [3.63, 3.8) is 0 Å². The molecule has 5 heteroatoms. The van der Waals surface area contributed by atoms with E-state index < -0.39 is 4.92 Å². The Morgan fingerprint density at radius 3 is 2.58 bits per heavy atom. The van der Waals surface area contributed by atoms with E-state index in [1.54, 1.807) is 24.3 Å². The minimum Gasteiger partial charge on any atom is -0.488 e. The fourth-order valence-corrected chi connectivity index (χ4v) is 2.48. The van der Waals surface area contributed by atoms with E-state index in [1.165, 1.54) is 12.1 Å². The maximum absolute atomic E-state index is 13.7. The van der Waals surface area contributed by atoms with E-state index >= 15 is 0 Å². The van der Waals surface area contributed by atoms with Crippen LogP contribution in [0.1, 0.15) is 11.1 Å². The third kappa shape index (κ3) is 3.41. The lowest BCUT2D eigenvalue weighted by molar-refractivity contribution is -0.400. The molecule has 3 rings (SSSR count). The predicted molar refractivity (Wildman–Crippen MR) is 90.7 cm³/mol. The molecule has 0 aliphatic rings. The number of nitro groups is 1. The van der Waals surface area contributed by atoms with Gasteiger partial charge in [-0.05, 0) is 22.9 Å². The molecule has 0 saturated heterocycles. The number of nitrogens with zero attached hydrogens (tertiary/aromatic N) is 1. The van der Waals surface area contributed by atoms with Gasteiger partial charge in [-0.15, -0.1) is 0 Å². The first-order valence-electron chi connectivity index (χ1n) is 7.35. The average Bonchev–Trinajstić information content (AvgIpc) is 2.59. The zero-order chi connectivity index (χ0) is 16.9. The van der Waals surface area contributed by atoms with Gasteiger partial charge < -0.3 is 4.74 Å². The second kappa shape index (κ2) is 6.91. The maximum atomic E-state index is 13.7. The summed E-state index contributed by atoms with van der Waals surface area (Å²) < 4.78 is 19.4. The number of rotatable bonds is 5. The van der Waals surface area contributed by atoms with Gasteiger partial charge in [0.2, 0.25) is 6.20 Å². The van der Waals surface area contributed by atoms with Crippen molar-refractivity contribution < 1.29 is 14.1 Å². The minimum atomic E-state index is -0.525. The molecule has 24 heavy (non-hydrogen) atoms. The first-order chi connectivity index (χ1) is 11.6. The summed E-state index contributed by atoms with van der Waals surface area (Å²) in [4.78, 5) is 10.1. The molecule has 0 aliphatic carbocycles. The first-order valence-corrected chi connectivity index (χ1v) is 7.35. The summed E-state index contributed by atoms with van der Waals surface area (Å²) in [7, 11) is 0. The molecule has 0 saturated carbocycles. The SMILES string of the molecule is O=[N+]([O-])/C=C\c1c(OCc2ccccc2F)ccc2ccccc12. The summed E-state index contributed by atoms with van der Waals surface area (Å²) in [6.07, 6.45) is 2.27. The van der Waals surface area contributed by atoms with Crippen LogP contribution >= 0.6 is 0 Å². The van der Waals surface area contributed by atoms with Crippen LogP contribution in [0.3, 0.4) is 0 Å². The van der Waals surface area contributed by atoms with Crippen molar-refractivity contribution in [1.82, 2.24) is 0 Å². The number of hydrogen-bond acceptors (Lipinski definition) is 3. The van der Waals surface area contributed by atoms with E-state index in [0.29, 0.717) is 16.9 Å². The molecule has 3 aromatic rings. The highest BCUT2D eigenvalue weighted by Gasteiger charge is 2.09. The van der Waals surface area contributed by atoms with Gasteiger partial charge in [-0.1, -0.05) is 48.5 Å². The molecule has 0 N–H and O–H groups in total. The minimum absolute atomic E-state index is 0.0460. The van der Waals surface area contributed by atoms with Gasteiger partial charge in [-0.3, -0.25) is 10.1 Å². The summed E-state index contributed by atoms with van der Waals surface area (Å²) in [5, 5.41) is 12.5. The Bertz CT molecular complexity index is 921. The predicted octanol–water partition coefficient (Wildman–Crippen LogP) is 4.81. The number of benzene rings is 3. The fraction of sp³-hybridized carbons (Fsp3) is 0.0526. The highest BCUT2D eigenvalue weighted by atomic mass is 19.1. The van der Waals surface area contributed by atoms with Crippen molar-refractivity contribution in [3.8, 4) is 5.75 Å². The Morgan fingerprint density at radius 1 is 1.04 bits per heavy atom. The highest BCUT2D eigenvalue weighted by Crippen LogP contribution is 2.30. The number of fused-ring (bicyclic) bond motifs is 1. The molecular weight excluding hydrogens is 309 g/mol. The molecule has 0 bridgehead atoms. The zero-order valence-corrected chi connectivity index (χ0v) is 12.7. The molecule has 120 valence electrons. The molecular formula is C19H14FNO3. The van der Waals surface area contributed by atoms with Crippen LogP contribution in [0.25, 0.3) is 16.8 Å². The van der Waals surface area contributed by atoms with Gasteiger partial charge in [0.25, 0.3) is 0 Å². The van der Waals surface area contributed by atoms with Crippen LogP contribution in [0, 0.1) is 15.9 Å². The van der Waals surface area contributed by atoms with Gasteiger partial charge in [0, 0.05) is 17.2 Å². The van der Waals surface area contributed by atoms with Crippen LogP contribution < -0.4 is 4.74 Å². The standard InChI is InChI=1S/C19H14FNO3/c20-18-8-4-2-6-15(18)13-24-19-10-9-14-5-1-3-7-16(14)17(19)11-12-21(22)23/h1-12H,13H2/b12-11-. The van der Waals surface area contributed by atoms with Gasteiger partial charge in [-0.2, -0.15) is 0 Å². The van der Waals surface area contributed by atoms with E-state index in [1.807, 2.05) is 30.3 Å². The van der Waals surface area contributed by atoms with E-state index in [-0.39, 0.29) is 12.4 Å². The topological polar surface area (TPSA) is 52.4 Å². The summed E-state index contributed by atoms with van der Waals surface area (Å²) in [5.41, 5.74) is 1.02. The summed E-state index contributed by atoms with van der Waals surface area (Å²) in [5.74, 6) is 0.121. The van der Waals surface area contributed by atoms with Gasteiger partial charge >= 0.3 is 0 Å². The van der Waals surface area contributed by atoms with Crippen LogP contribution in [0.5, 0.6) is 5.75 Å². The van der Waals surface area contributed by atoms with E-state index in [2.05, 4.69) is 0 Å². The van der Waals surface area contributed by atoms with Crippen LogP contribution in [-0.2, 0) is 6.61 Å². The van der Waals surface area contributed by atoms with E-state index in [4.69, 9.17) is 4.74 Å². The molecule has 0 aromatic heterocycles. The fourth-order valence-electron chi connectivity index (χ4n) is 2.48. The molecule has 3 aromatic carbocycles. The largest absolute Gasteiger partial charge is 0.488 e. The molecule has 0 unspecified atom stereocenters. The maximum Gasteiger partial charge on any atom is 0.235 e. The van der Waals surface area contributed by atoms with Gasteiger partial charge in [0.1, 0.15) is 18.2 Å². The Balaban J connectivity index is 1.99. The normalized spacial score (nSPS) is 11.0. The Kier molecular flexibility index (Phi) is 4.52. The first kappa shape index (κ1) is 15.7. The van der Waals surface area contributed by atoms with Gasteiger partial charge in [0.15, 0.2) is 0 Å². The molecule has 0 spiro atoms. The Hall–Kier alpha value is -3.21. The van der Waals surface area contributed by atoms with Crippen molar-refractivity contribution in [2.45, 2.75) is 6.61 Å². The van der Waals surface area contributed by atoms with Crippen molar-refractivity contribution in [1.29, 1.82) is 0 Å². The van der Waals surface area contributed by atoms with Crippen molar-refractivity contribution >= 4 is 16.8 Å². The number of halogens is 1. The lowest BCUT2D eigenvalue weighted by atomic mass is 10.0. The highest BCUT2D eigenvalue weighted by molar-refractivity contribution is 5.93. The molecule has 0 amide bonds. The molecule has 0 atom stereocenters. The number of ether oxygens (including phenoxy) is 1. The molecule has 4 nitrogen and oxygen atoms in total. The second-order valence-electron chi connectivity index (χ2n) is 5.18. The van der Waals surface area contributed by atoms with Crippen molar-refractivity contribution in [3.05, 3.63) is 93.9 Å². The Labute approximate surface area is 138 Å². The van der Waals surface area contributed by atoms with Crippen LogP contribution in [0.2, 0.25) is 0 Å². The quantitative estimate of drug-likeness (QED) is 0.500. The van der Waals surface area contributed by atoms with Crippen molar-refractivity contribution in [2.75, 3.05) is 0 Å². The molecule has 0 radical (unpaired) electrons. The second-order valence-corrected chi connectivity index (χ2v) is 5.18. The lowest BCUT2D eigenvalue weighted by Crippen LogP contribution is -2.00. The zero-order valence-electron chi connectivity index (χ0n) is 12.7. The van der Waals surface area contributed by atoms with E-state index in [0.717, 1.165) is 17.0 Å². The monoisotopic (exact) mass is 323 g/mol. The van der Waals surface area contributed by atoms with Crippen molar-refractivity contribution in [2.24, 2.45) is 0 Å². The number of hydrogen-bond donors (Lipinski definition) is 0. The van der Waals surface area contributed by atoms with Gasteiger partial charge in [0.05, 0.1) is 4.92 Å². The molecule has 0 aliphatic heterocycles. The Morgan fingerprint density at radius 2 is 1.79 bits per heavy atom. The third-order valence-electron chi connectivity index (χ3n) is 3.63. The van der Waals surface area contributed by atoms with E-state index in [9.17, 15) is 14.5 Å². The molecule has 0 heterocycles. The summed E-state index contributed by atoms with van der Waals surface area (Å²) in [6, 6.07) is 17.5. The summed E-state index contributed by atoms with van der Waals surface area (Å²) in [6.45, 7) is 0.0460. The molecule has 0 fully saturated rings. The smallest absolute Gasteiger partial charge is 0.235 e. The lowest BCUT2D eigenvalue weighted by Gasteiger charge is -2.12. The van der Waals surface area contributed by atoms with Crippen LogP contribution in [-0.4, -0.2) is 4.92 Å². The van der Waals surface area contributed by atoms with Crippen LogP contribution in [0.15, 0.2) is 66.9 Å². The van der Waals surface area contributed by atoms with Crippen LogP contribution in [0.4, 0.5) is 4.39 Å². The third-order valence-corrected chi connectivity index (χ3v) is 3.63.